The number of thiophene rings is 1. The molecule has 16 aromatic rings. The van der Waals surface area contributed by atoms with Crippen LogP contribution in [-0.2, 0) is 0 Å². The number of furan rings is 1. The highest BCUT2D eigenvalue weighted by Gasteiger charge is 2.24. The molecular weight excluding hydrogens is 1110 g/mol. The van der Waals surface area contributed by atoms with E-state index in [0.29, 0.717) is 0 Å². The highest BCUT2D eigenvalue weighted by Crippen LogP contribution is 2.48. The summed E-state index contributed by atoms with van der Waals surface area (Å²) in [4.78, 5) is 4.84. The van der Waals surface area contributed by atoms with E-state index >= 15 is 0 Å². The van der Waals surface area contributed by atoms with Gasteiger partial charge in [-0.05, 0) is 213 Å². The Balaban J connectivity index is 0.911. The molecule has 16 rings (SSSR count). The van der Waals surface area contributed by atoms with E-state index in [1.54, 1.807) is 0 Å². The lowest BCUT2D eigenvalue weighted by Crippen LogP contribution is -2.14. The highest BCUT2D eigenvalue weighted by molar-refractivity contribution is 7.25. The molecule has 0 aliphatic carbocycles. The Morgan fingerprint density at radius 1 is 0.244 bits per heavy atom. The molecule has 3 nitrogen and oxygen atoms in total. The number of benzene rings is 14. The van der Waals surface area contributed by atoms with Gasteiger partial charge in [-0.15, -0.1) is 11.3 Å². The molecule has 0 fully saturated rings. The number of para-hydroxylation sites is 3. The van der Waals surface area contributed by atoms with Gasteiger partial charge in [0.2, 0.25) is 0 Å². The molecule has 0 bridgehead atoms. The van der Waals surface area contributed by atoms with E-state index in [9.17, 15) is 0 Å². The van der Waals surface area contributed by atoms with Crippen LogP contribution in [0.15, 0.2) is 332 Å². The number of hydrogen-bond donors (Lipinski definition) is 0. The summed E-state index contributed by atoms with van der Waals surface area (Å²) < 4.78 is 9.80. The third-order valence-electron chi connectivity index (χ3n) is 17.7. The largest absolute Gasteiger partial charge is 0.455 e. The van der Waals surface area contributed by atoms with Gasteiger partial charge in [0.15, 0.2) is 0 Å². The number of anilines is 6. The van der Waals surface area contributed by atoms with Gasteiger partial charge in [0.05, 0.1) is 0 Å². The molecule has 0 saturated heterocycles. The zero-order chi connectivity index (χ0) is 60.1. The van der Waals surface area contributed by atoms with Gasteiger partial charge in [-0.25, -0.2) is 0 Å². The predicted octanol–water partition coefficient (Wildman–Crippen LogP) is 25.2. The third kappa shape index (κ3) is 10.1. The van der Waals surface area contributed by atoms with Gasteiger partial charge in [-0.1, -0.05) is 212 Å². The molecule has 90 heavy (non-hydrogen) atoms. The number of aryl methyl sites for hydroxylation is 2. The smallest absolute Gasteiger partial charge is 0.143 e. The maximum atomic E-state index is 7.21. The van der Waals surface area contributed by atoms with E-state index < -0.39 is 0 Å². The fraction of sp³-hybridized carbons (Fsp3) is 0.0233. The first-order valence-electron chi connectivity index (χ1n) is 30.8. The molecule has 0 saturated carbocycles. The van der Waals surface area contributed by atoms with E-state index in [0.717, 1.165) is 117 Å². The maximum Gasteiger partial charge on any atom is 0.143 e. The van der Waals surface area contributed by atoms with E-state index in [2.05, 4.69) is 351 Å². The van der Waals surface area contributed by atoms with Gasteiger partial charge in [0.1, 0.15) is 11.2 Å². The van der Waals surface area contributed by atoms with E-state index in [4.69, 9.17) is 4.42 Å². The van der Waals surface area contributed by atoms with Crippen molar-refractivity contribution in [2.24, 2.45) is 0 Å². The first-order chi connectivity index (χ1) is 44.4. The number of rotatable bonds is 13. The second-order valence-electron chi connectivity index (χ2n) is 23.3. The molecule has 2 heterocycles. The molecule has 0 aliphatic heterocycles. The quantitative estimate of drug-likeness (QED) is 0.115. The average Bonchev–Trinajstić information content (AvgIpc) is 1.58. The molecule has 0 spiro atoms. The number of hydrogen-bond acceptors (Lipinski definition) is 4. The van der Waals surface area contributed by atoms with Crippen LogP contribution in [0.2, 0.25) is 0 Å². The standard InChI is InChI=1S/C86H60N2OS/c1-57-23-15-16-36-75(57)80-54-63(44-43-58(80)2)61-28-19-34-71(50-61)87(69-30-11-5-12-31-69)73-52-68(53-74(56-73)88(70-32-13-6-14-33-70)72-35-20-29-62(51-72)64-45-46-84-81(55-64)78-37-17-18-42-83(78)90-84)76-38-22-41-82-85(76)79-40-21-39-77(86(79)89-82)67-48-65(59-24-7-3-8-25-59)47-66(49-67)60-26-9-4-10-27-60/h3-56H,1-2H3. The Morgan fingerprint density at radius 2 is 0.689 bits per heavy atom. The van der Waals surface area contributed by atoms with E-state index in [-0.39, 0.29) is 0 Å². The van der Waals surface area contributed by atoms with Crippen molar-refractivity contribution in [1.29, 1.82) is 0 Å². The summed E-state index contributed by atoms with van der Waals surface area (Å²) in [6.45, 7) is 4.41. The van der Waals surface area contributed by atoms with E-state index in [1.165, 1.54) is 48.0 Å². The summed E-state index contributed by atoms with van der Waals surface area (Å²) in [5.74, 6) is 0. The molecule has 0 radical (unpaired) electrons. The van der Waals surface area contributed by atoms with Crippen molar-refractivity contribution in [3.63, 3.8) is 0 Å². The topological polar surface area (TPSA) is 19.6 Å². The first kappa shape index (κ1) is 54.1. The minimum Gasteiger partial charge on any atom is -0.455 e. The predicted molar refractivity (Wildman–Crippen MR) is 384 cm³/mol. The van der Waals surface area contributed by atoms with Crippen molar-refractivity contribution in [2.45, 2.75) is 13.8 Å². The molecule has 426 valence electrons. The minimum atomic E-state index is 0.822. The summed E-state index contributed by atoms with van der Waals surface area (Å²) in [6.07, 6.45) is 0. The van der Waals surface area contributed by atoms with Crippen LogP contribution in [0.1, 0.15) is 11.1 Å². The Bertz CT molecular complexity index is 5280. The van der Waals surface area contributed by atoms with Gasteiger partial charge in [-0.2, -0.15) is 0 Å². The summed E-state index contributed by atoms with van der Waals surface area (Å²) in [5.41, 5.74) is 26.3. The minimum absolute atomic E-state index is 0.822. The van der Waals surface area contributed by atoms with Crippen molar-refractivity contribution in [1.82, 2.24) is 0 Å². The second-order valence-corrected chi connectivity index (χ2v) is 24.4. The molecule has 0 unspecified atom stereocenters. The monoisotopic (exact) mass is 1170 g/mol. The number of nitrogens with zero attached hydrogens (tertiary/aromatic N) is 2. The van der Waals surface area contributed by atoms with Crippen LogP contribution in [0.3, 0.4) is 0 Å². The van der Waals surface area contributed by atoms with Gasteiger partial charge in [0.25, 0.3) is 0 Å². The lowest BCUT2D eigenvalue weighted by atomic mass is 9.92. The molecule has 14 aromatic carbocycles. The van der Waals surface area contributed by atoms with Gasteiger partial charge >= 0.3 is 0 Å². The van der Waals surface area contributed by atoms with Crippen LogP contribution in [0, 0.1) is 13.8 Å². The van der Waals surface area contributed by atoms with Crippen molar-refractivity contribution < 1.29 is 4.42 Å². The zero-order valence-corrected chi connectivity index (χ0v) is 50.7. The number of fused-ring (bicyclic) bond motifs is 6. The Labute approximate surface area is 528 Å². The molecule has 4 heteroatoms. The molecular formula is C86H60N2OS. The van der Waals surface area contributed by atoms with Crippen LogP contribution in [0.25, 0.3) is 120 Å². The maximum absolute atomic E-state index is 7.21. The lowest BCUT2D eigenvalue weighted by Gasteiger charge is -2.31. The van der Waals surface area contributed by atoms with E-state index in [1.807, 2.05) is 11.3 Å². The average molecular weight is 1170 g/mol. The van der Waals surface area contributed by atoms with Crippen LogP contribution < -0.4 is 9.80 Å². The molecule has 0 atom stereocenters. The van der Waals surface area contributed by atoms with Gasteiger partial charge in [0, 0.05) is 70.6 Å². The Hall–Kier alpha value is -11.3. The summed E-state index contributed by atoms with van der Waals surface area (Å²) in [7, 11) is 0. The summed E-state index contributed by atoms with van der Waals surface area (Å²) in [5, 5.41) is 4.67. The van der Waals surface area contributed by atoms with Crippen molar-refractivity contribution in [2.75, 3.05) is 9.80 Å². The van der Waals surface area contributed by atoms with Crippen molar-refractivity contribution in [3.8, 4) is 77.9 Å². The first-order valence-corrected chi connectivity index (χ1v) is 31.6. The lowest BCUT2D eigenvalue weighted by molar-refractivity contribution is 0.670. The normalized spacial score (nSPS) is 11.4. The van der Waals surface area contributed by atoms with Crippen LogP contribution in [-0.4, -0.2) is 0 Å². The Kier molecular flexibility index (Phi) is 13.9. The fourth-order valence-corrected chi connectivity index (χ4v) is 14.4. The van der Waals surface area contributed by atoms with Crippen molar-refractivity contribution in [3.05, 3.63) is 339 Å². The third-order valence-corrected chi connectivity index (χ3v) is 18.8. The molecule has 2 aromatic heterocycles. The molecule has 0 amide bonds. The Morgan fingerprint density at radius 3 is 1.34 bits per heavy atom. The summed E-state index contributed by atoms with van der Waals surface area (Å²) >= 11 is 1.85. The molecule has 0 N–H and O–H groups in total. The van der Waals surface area contributed by atoms with Gasteiger partial charge in [-0.3, -0.25) is 0 Å². The van der Waals surface area contributed by atoms with Crippen LogP contribution >= 0.6 is 11.3 Å². The highest BCUT2D eigenvalue weighted by atomic mass is 32.1. The van der Waals surface area contributed by atoms with Crippen LogP contribution in [0.4, 0.5) is 34.1 Å². The van der Waals surface area contributed by atoms with Crippen LogP contribution in [0.5, 0.6) is 0 Å². The summed E-state index contributed by atoms with van der Waals surface area (Å²) in [6, 6.07) is 119. The SMILES string of the molecule is Cc1ccccc1-c1cc(-c2cccc(N(c3ccccc3)c3cc(-c4cccc5oc6c(-c7cc(-c8ccccc8)cc(-c8ccccc8)c7)cccc6c45)cc(N(c4ccccc4)c4cccc(-c5ccc6sc7ccccc7c6c5)c4)c3)c2)ccc1C. The molecule has 0 aliphatic rings. The van der Waals surface area contributed by atoms with Gasteiger partial charge < -0.3 is 14.2 Å². The second kappa shape index (κ2) is 23.1. The van der Waals surface area contributed by atoms with Crippen molar-refractivity contribution >= 4 is 87.6 Å². The fourth-order valence-electron chi connectivity index (χ4n) is 13.3. The zero-order valence-electron chi connectivity index (χ0n) is 49.9.